The number of amides is 3. The van der Waals surface area contributed by atoms with Crippen LogP contribution in [0.4, 0.5) is 4.79 Å². The molecule has 0 spiro atoms. The largest absolute Gasteiger partial charge is 0.459 e. The maximum Gasteiger partial charge on any atom is 0.408 e. The van der Waals surface area contributed by atoms with Crippen molar-refractivity contribution in [1.82, 2.24) is 16.0 Å². The van der Waals surface area contributed by atoms with Crippen LogP contribution >= 0.6 is 0 Å². The summed E-state index contributed by atoms with van der Waals surface area (Å²) in [5.74, 6) is -3.67. The fourth-order valence-electron chi connectivity index (χ4n) is 9.81. The van der Waals surface area contributed by atoms with Crippen molar-refractivity contribution in [1.29, 1.82) is 0 Å². The van der Waals surface area contributed by atoms with Crippen molar-refractivity contribution in [2.75, 3.05) is 0 Å². The van der Waals surface area contributed by atoms with Crippen LogP contribution in [0.1, 0.15) is 165 Å². The van der Waals surface area contributed by atoms with Gasteiger partial charge in [0.1, 0.15) is 29.8 Å². The van der Waals surface area contributed by atoms with Crippen LogP contribution in [0.25, 0.3) is 0 Å². The van der Waals surface area contributed by atoms with E-state index in [9.17, 15) is 38.4 Å². The molecule has 2 aliphatic rings. The fourth-order valence-corrected chi connectivity index (χ4v) is 9.81. The van der Waals surface area contributed by atoms with Crippen molar-refractivity contribution in [3.05, 3.63) is 35.9 Å². The second-order valence-corrected chi connectivity index (χ2v) is 19.9. The first-order valence-corrected chi connectivity index (χ1v) is 24.1. The topological polar surface area (TPSA) is 191 Å². The van der Waals surface area contributed by atoms with Gasteiger partial charge in [0.25, 0.3) is 0 Å². The van der Waals surface area contributed by atoms with Gasteiger partial charge in [-0.05, 0) is 109 Å². The van der Waals surface area contributed by atoms with Gasteiger partial charge in [0.05, 0.1) is 12.1 Å². The number of carbonyl (C=O) groups is 8. The van der Waals surface area contributed by atoms with E-state index in [-0.39, 0.29) is 96.8 Å². The summed E-state index contributed by atoms with van der Waals surface area (Å²) in [6.45, 7) is 17.6. The monoisotopic (exact) mass is 894 g/mol. The van der Waals surface area contributed by atoms with E-state index in [1.54, 1.807) is 55.4 Å². The molecule has 0 aromatic heterocycles. The summed E-state index contributed by atoms with van der Waals surface area (Å²) >= 11 is 0. The van der Waals surface area contributed by atoms with Gasteiger partial charge in [0, 0.05) is 49.4 Å². The Balaban J connectivity index is 1.53. The number of alkyl carbamates (subject to hydrolysis) is 1. The Morgan fingerprint density at radius 2 is 1.02 bits per heavy atom. The first kappa shape index (κ1) is 53.9. The number of nitrogens with one attached hydrogen (secondary N) is 3. The van der Waals surface area contributed by atoms with Crippen molar-refractivity contribution < 1.29 is 47.8 Å². The van der Waals surface area contributed by atoms with Crippen molar-refractivity contribution in [3.63, 3.8) is 0 Å². The Bertz CT molecular complexity index is 1740. The minimum absolute atomic E-state index is 0.00726. The highest BCUT2D eigenvalue weighted by Gasteiger charge is 2.39. The summed E-state index contributed by atoms with van der Waals surface area (Å²) in [5.41, 5.74) is 0.146. The second-order valence-electron chi connectivity index (χ2n) is 19.9. The summed E-state index contributed by atoms with van der Waals surface area (Å²) < 4.78 is 10.7. The average molecular weight is 894 g/mol. The van der Waals surface area contributed by atoms with E-state index in [1.807, 2.05) is 44.2 Å². The smallest absolute Gasteiger partial charge is 0.408 e. The van der Waals surface area contributed by atoms with Crippen molar-refractivity contribution in [2.45, 2.75) is 189 Å². The van der Waals surface area contributed by atoms with Crippen LogP contribution in [0.2, 0.25) is 0 Å². The highest BCUT2D eigenvalue weighted by molar-refractivity contribution is 5.93. The molecule has 0 radical (unpaired) electrons. The van der Waals surface area contributed by atoms with E-state index < -0.39 is 53.5 Å². The number of Topliss-reactive ketones (excluding diaryl/α,β-unsaturated/α-hetero) is 4. The van der Waals surface area contributed by atoms with Gasteiger partial charge in [0.15, 0.2) is 11.6 Å². The summed E-state index contributed by atoms with van der Waals surface area (Å²) in [6, 6.07) is 6.87. The zero-order valence-electron chi connectivity index (χ0n) is 40.4. The molecule has 0 saturated heterocycles. The van der Waals surface area contributed by atoms with Crippen LogP contribution in [0, 0.1) is 47.3 Å². The van der Waals surface area contributed by atoms with E-state index >= 15 is 0 Å². The number of benzene rings is 1. The number of carbonyl (C=O) groups excluding carboxylic acids is 8. The highest BCUT2D eigenvalue weighted by atomic mass is 16.6. The Labute approximate surface area is 382 Å². The molecule has 2 saturated carbocycles. The first-order chi connectivity index (χ1) is 30.1. The number of rotatable bonds is 24. The molecule has 2 fully saturated rings. The maximum absolute atomic E-state index is 13.9. The van der Waals surface area contributed by atoms with E-state index in [4.69, 9.17) is 9.47 Å². The van der Waals surface area contributed by atoms with Crippen molar-refractivity contribution in [3.8, 4) is 0 Å². The molecule has 11 atom stereocenters. The molecule has 0 unspecified atom stereocenters. The quantitative estimate of drug-likeness (QED) is 0.0849. The Morgan fingerprint density at radius 3 is 1.45 bits per heavy atom. The predicted octanol–water partition coefficient (Wildman–Crippen LogP) is 8.43. The second kappa shape index (κ2) is 25.9. The SMILES string of the molecule is CC[C@@H](C(=O)C[C@H](C)C(=O)N[C@H](C)C(=O)C[C@@H]1CCCC[C@@H]1[C@@H](CC)C(=O)C[C@H](C)C(=O)N[C@H](C)C(=O)OCc1ccccc1)[C@H]1CCCC[C@H]1CC(=O)[C@@H](C)NC(=O)OC(C)(C)C. The number of ether oxygens (including phenoxy) is 2. The first-order valence-electron chi connectivity index (χ1n) is 24.1. The van der Waals surface area contributed by atoms with E-state index in [2.05, 4.69) is 16.0 Å². The van der Waals surface area contributed by atoms with Gasteiger partial charge < -0.3 is 25.4 Å². The Morgan fingerprint density at radius 1 is 0.594 bits per heavy atom. The average Bonchev–Trinajstić information content (AvgIpc) is 3.23. The predicted molar refractivity (Wildman–Crippen MR) is 246 cm³/mol. The van der Waals surface area contributed by atoms with Crippen LogP contribution in [-0.2, 0) is 49.6 Å². The van der Waals surface area contributed by atoms with Crippen LogP contribution in [0.5, 0.6) is 0 Å². The molecule has 3 amide bonds. The molecule has 64 heavy (non-hydrogen) atoms. The zero-order chi connectivity index (χ0) is 47.7. The minimum atomic E-state index is -0.881. The molecule has 13 nitrogen and oxygen atoms in total. The Kier molecular flexibility index (Phi) is 21.8. The molecule has 358 valence electrons. The third-order valence-corrected chi connectivity index (χ3v) is 13.5. The molecule has 3 N–H and O–H groups in total. The molecular formula is C51H79N3O10. The van der Waals surface area contributed by atoms with E-state index in [0.717, 1.165) is 56.9 Å². The fraction of sp³-hybridized carbons (Fsp3) is 0.725. The number of hydrogen-bond donors (Lipinski definition) is 3. The maximum atomic E-state index is 13.9. The van der Waals surface area contributed by atoms with Crippen LogP contribution in [-0.4, -0.2) is 70.7 Å². The lowest BCUT2D eigenvalue weighted by Crippen LogP contribution is -2.44. The Hall–Kier alpha value is -4.42. The standard InChI is InChI=1S/C51H79N3O10/c1-11-39(46(58)27-32(4)48(60)53-35(7)49(61)63-30-36-20-14-13-15-21-36)41-24-18-16-22-37(41)28-43(55)33(5)52-47(59)31(3)26-45(57)40(12-2)42-25-19-17-23-38(42)29-44(56)34(6)54-50(62)64-51(8,9)10/h13-15,20-21,31-35,37-42H,11-12,16-19,22-30H2,1-10H3,(H,52,59)(H,53,60)(H,54,62)/t31-,32-,33+,34+,35+,37-,38-,39+,40+,41-,42-/m0/s1. The third-order valence-electron chi connectivity index (χ3n) is 13.5. The lowest BCUT2D eigenvalue weighted by molar-refractivity contribution is -0.149. The van der Waals surface area contributed by atoms with Gasteiger partial charge in [-0.15, -0.1) is 0 Å². The summed E-state index contributed by atoms with van der Waals surface area (Å²) in [6.07, 6.45) is 8.03. The minimum Gasteiger partial charge on any atom is -0.459 e. The molecule has 2 aliphatic carbocycles. The van der Waals surface area contributed by atoms with Crippen molar-refractivity contribution in [2.24, 2.45) is 47.3 Å². The van der Waals surface area contributed by atoms with Crippen molar-refractivity contribution >= 4 is 47.0 Å². The van der Waals surface area contributed by atoms with E-state index in [0.29, 0.717) is 12.8 Å². The van der Waals surface area contributed by atoms with Gasteiger partial charge in [-0.25, -0.2) is 9.59 Å². The van der Waals surface area contributed by atoms with Crippen LogP contribution in [0.15, 0.2) is 30.3 Å². The molecule has 3 rings (SSSR count). The van der Waals surface area contributed by atoms with Gasteiger partial charge in [-0.2, -0.15) is 0 Å². The van der Waals surface area contributed by atoms with Crippen LogP contribution < -0.4 is 16.0 Å². The molecule has 0 heterocycles. The summed E-state index contributed by atoms with van der Waals surface area (Å²) in [7, 11) is 0. The molecule has 1 aromatic carbocycles. The number of esters is 1. The zero-order valence-corrected chi connectivity index (χ0v) is 40.4. The molecule has 0 bridgehead atoms. The van der Waals surface area contributed by atoms with Gasteiger partial charge in [-0.1, -0.05) is 83.7 Å². The summed E-state index contributed by atoms with van der Waals surface area (Å²) in [4.78, 5) is 106. The van der Waals surface area contributed by atoms with Gasteiger partial charge in [-0.3, -0.25) is 28.8 Å². The van der Waals surface area contributed by atoms with Gasteiger partial charge in [0.2, 0.25) is 11.8 Å². The van der Waals surface area contributed by atoms with E-state index in [1.165, 1.54) is 0 Å². The molecule has 0 aliphatic heterocycles. The lowest BCUT2D eigenvalue weighted by atomic mass is 9.67. The van der Waals surface area contributed by atoms with Crippen LogP contribution in [0.3, 0.4) is 0 Å². The third kappa shape index (κ3) is 17.2. The highest BCUT2D eigenvalue weighted by Crippen LogP contribution is 2.41. The summed E-state index contributed by atoms with van der Waals surface area (Å²) in [5, 5.41) is 8.21. The van der Waals surface area contributed by atoms with Gasteiger partial charge >= 0.3 is 12.1 Å². The molecule has 1 aromatic rings. The lowest BCUT2D eigenvalue weighted by Gasteiger charge is -2.37. The normalized spacial score (nSPS) is 22.2. The molecule has 13 heteroatoms. The number of ketones is 4. The molecular weight excluding hydrogens is 815 g/mol. The number of hydrogen-bond acceptors (Lipinski definition) is 10.